The molecule has 1 aromatic rings. The zero-order valence-corrected chi connectivity index (χ0v) is 41.6. The maximum absolute atomic E-state index is 14.0. The third-order valence-corrected chi connectivity index (χ3v) is 11.7. The number of aliphatic carboxylic acids is 1. The van der Waals surface area contributed by atoms with Crippen LogP contribution in [0.2, 0.25) is 0 Å². The molecule has 394 valence electrons. The van der Waals surface area contributed by atoms with E-state index in [2.05, 4.69) is 56.1 Å². The molecule has 1 rings (SSSR count). The fourth-order valence-corrected chi connectivity index (χ4v) is 7.71. The number of amides is 3. The third kappa shape index (κ3) is 35.5. The number of nitrogens with two attached hydrogens (primary N) is 6. The van der Waals surface area contributed by atoms with Crippen molar-refractivity contribution < 1.29 is 42.0 Å². The first-order chi connectivity index (χ1) is 32.4. The summed E-state index contributed by atoms with van der Waals surface area (Å²) in [6, 6.07) is -2.87. The van der Waals surface area contributed by atoms with Crippen molar-refractivity contribution in [1.82, 2.24) is 15.2 Å². The van der Waals surface area contributed by atoms with Crippen LogP contribution in [0.3, 0.4) is 0 Å². The Hall–Kier alpha value is -4.62. The van der Waals surface area contributed by atoms with Gasteiger partial charge in [0, 0.05) is 19.5 Å². The van der Waals surface area contributed by atoms with Crippen molar-refractivity contribution in [2.75, 3.05) is 13.1 Å². The highest BCUT2D eigenvalue weighted by molar-refractivity contribution is 5.92. The molecule has 0 fully saturated rings. The van der Waals surface area contributed by atoms with E-state index >= 15 is 0 Å². The Labute approximate surface area is 405 Å². The summed E-state index contributed by atoms with van der Waals surface area (Å²) in [7, 11) is 0. The molecular formula is C48H91F3N12O5. The van der Waals surface area contributed by atoms with E-state index < -0.39 is 48.0 Å². The van der Waals surface area contributed by atoms with Gasteiger partial charge in [0.05, 0.1) is 19.1 Å². The van der Waals surface area contributed by atoms with Crippen molar-refractivity contribution in [2.24, 2.45) is 44.4 Å². The summed E-state index contributed by atoms with van der Waals surface area (Å²) >= 11 is 0. The SMILES string of the molecule is CCCCCCCCCCCCCCn1c[n+](CCCCCCCCCCCCCC)cc1C[C@H](NC(=O)[C@@H](N)CCCN=C(N)N)C(=O)N[C@@H](CCCN=C(N)N)C(N)=O.O=C([O-])C(F)(F)F. The van der Waals surface area contributed by atoms with Gasteiger partial charge < -0.3 is 54.9 Å². The van der Waals surface area contributed by atoms with Crippen LogP contribution in [0.4, 0.5) is 13.2 Å². The fourth-order valence-electron chi connectivity index (χ4n) is 7.71. The van der Waals surface area contributed by atoms with Crippen molar-refractivity contribution in [3.63, 3.8) is 0 Å². The number of aliphatic imine (C=N–C) groups is 2. The number of nitrogens with zero attached hydrogens (tertiary/aromatic N) is 4. The summed E-state index contributed by atoms with van der Waals surface area (Å²) in [6.07, 6.45) is 31.4. The molecule has 0 unspecified atom stereocenters. The molecule has 14 N–H and O–H groups in total. The topological polar surface area (TPSA) is 305 Å². The van der Waals surface area contributed by atoms with Gasteiger partial charge in [0.1, 0.15) is 29.9 Å². The number of unbranched alkanes of at least 4 members (excludes halogenated alkanes) is 22. The van der Waals surface area contributed by atoms with E-state index in [1.165, 1.54) is 135 Å². The third-order valence-electron chi connectivity index (χ3n) is 11.7. The highest BCUT2D eigenvalue weighted by Gasteiger charge is 2.31. The number of carbonyl (C=O) groups is 4. The first-order valence-corrected chi connectivity index (χ1v) is 25.5. The van der Waals surface area contributed by atoms with E-state index in [9.17, 15) is 27.6 Å². The van der Waals surface area contributed by atoms with Crippen LogP contribution in [-0.4, -0.2) is 77.6 Å². The molecule has 0 aliphatic rings. The van der Waals surface area contributed by atoms with Crippen LogP contribution in [0.25, 0.3) is 0 Å². The number of carbonyl (C=O) groups excluding carboxylic acids is 4. The molecule has 68 heavy (non-hydrogen) atoms. The summed E-state index contributed by atoms with van der Waals surface area (Å²) in [5.41, 5.74) is 34.7. The van der Waals surface area contributed by atoms with Crippen LogP contribution < -0.4 is 54.7 Å². The normalized spacial score (nSPS) is 12.6. The van der Waals surface area contributed by atoms with Gasteiger partial charge in [0.2, 0.25) is 24.0 Å². The summed E-state index contributed by atoms with van der Waals surface area (Å²) in [5, 5.41) is 14.5. The molecule has 0 saturated carbocycles. The van der Waals surface area contributed by atoms with E-state index in [-0.39, 0.29) is 31.3 Å². The Morgan fingerprint density at radius 2 is 1.01 bits per heavy atom. The Balaban J connectivity index is 0.00000590. The van der Waals surface area contributed by atoms with Gasteiger partial charge in [-0.1, -0.05) is 142 Å². The highest BCUT2D eigenvalue weighted by Crippen LogP contribution is 2.16. The van der Waals surface area contributed by atoms with Crippen LogP contribution in [0.5, 0.6) is 0 Å². The molecule has 17 nitrogen and oxygen atoms in total. The van der Waals surface area contributed by atoms with E-state index in [0.29, 0.717) is 25.8 Å². The predicted molar refractivity (Wildman–Crippen MR) is 262 cm³/mol. The Morgan fingerprint density at radius 1 is 0.618 bits per heavy atom. The van der Waals surface area contributed by atoms with Crippen LogP contribution in [0.1, 0.15) is 199 Å². The van der Waals surface area contributed by atoms with Gasteiger partial charge in [0.25, 0.3) is 0 Å². The lowest BCUT2D eigenvalue weighted by Crippen LogP contribution is -2.56. The lowest BCUT2D eigenvalue weighted by molar-refractivity contribution is -0.697. The second-order valence-corrected chi connectivity index (χ2v) is 18.0. The fraction of sp³-hybridized carbons (Fsp3) is 0.812. The zero-order chi connectivity index (χ0) is 51.0. The minimum absolute atomic E-state index is 0.0281. The molecule has 0 radical (unpaired) electrons. The minimum Gasteiger partial charge on any atom is -0.542 e. The number of rotatable bonds is 41. The van der Waals surface area contributed by atoms with Gasteiger partial charge in [-0.25, -0.2) is 9.13 Å². The zero-order valence-electron chi connectivity index (χ0n) is 41.6. The van der Waals surface area contributed by atoms with Crippen LogP contribution in [0, 0.1) is 0 Å². The van der Waals surface area contributed by atoms with Crippen molar-refractivity contribution in [2.45, 2.75) is 237 Å². The Bertz CT molecular complexity index is 1550. The lowest BCUT2D eigenvalue weighted by Gasteiger charge is -2.23. The molecular weight excluding hydrogens is 882 g/mol. The van der Waals surface area contributed by atoms with E-state index in [1.807, 2.05) is 0 Å². The smallest absolute Gasteiger partial charge is 0.430 e. The van der Waals surface area contributed by atoms with E-state index in [1.54, 1.807) is 0 Å². The summed E-state index contributed by atoms with van der Waals surface area (Å²) in [6.45, 7) is 6.81. The van der Waals surface area contributed by atoms with E-state index in [0.717, 1.165) is 38.0 Å². The average molecular weight is 973 g/mol. The molecule has 0 bridgehead atoms. The first-order valence-electron chi connectivity index (χ1n) is 25.5. The van der Waals surface area contributed by atoms with Gasteiger partial charge in [-0.05, 0) is 51.4 Å². The van der Waals surface area contributed by atoms with Gasteiger partial charge >= 0.3 is 6.18 Å². The number of imidazole rings is 1. The molecule has 0 spiro atoms. The number of nitrogens with one attached hydrogen (secondary N) is 2. The van der Waals surface area contributed by atoms with Crippen molar-refractivity contribution in [3.05, 3.63) is 18.2 Å². The average Bonchev–Trinajstić information content (AvgIpc) is 3.66. The van der Waals surface area contributed by atoms with Gasteiger partial charge in [-0.2, -0.15) is 13.2 Å². The largest absolute Gasteiger partial charge is 0.542 e. The van der Waals surface area contributed by atoms with Crippen molar-refractivity contribution in [3.8, 4) is 0 Å². The highest BCUT2D eigenvalue weighted by atomic mass is 19.4. The molecule has 0 saturated heterocycles. The quantitative estimate of drug-likeness (QED) is 0.0190. The first kappa shape index (κ1) is 63.4. The van der Waals surface area contributed by atoms with Crippen LogP contribution in [-0.2, 0) is 38.7 Å². The molecule has 0 aromatic carbocycles. The number of hydrogen-bond donors (Lipinski definition) is 8. The standard InChI is InChI=1S/C46H90N12O3.C2HF3O2/c1-3-5-7-9-11-13-15-17-19-21-23-25-33-57-36-38(58(37-57)34-26-24-22-20-18-16-14-12-10-8-6-4-2)35-41(56-43(60)39(47)29-27-31-53-45(49)50)44(61)55-40(42(48)59)30-28-32-54-46(51)52;3-2(4,5)1(6)7/h36-37,39-41H,3-35,47H2,1-2H3,(H11-,48,49,50,51,52,53,54,55,56,59,60,61);(H,6,7)/t39-,40-,41-;/m0./s1. The molecule has 0 aliphatic heterocycles. The lowest BCUT2D eigenvalue weighted by atomic mass is 10.0. The molecule has 20 heteroatoms. The van der Waals surface area contributed by atoms with Crippen LogP contribution >= 0.6 is 0 Å². The predicted octanol–water partition coefficient (Wildman–Crippen LogP) is 4.91. The van der Waals surface area contributed by atoms with Crippen LogP contribution in [0.15, 0.2) is 22.5 Å². The van der Waals surface area contributed by atoms with Gasteiger partial charge in [0.15, 0.2) is 11.9 Å². The Morgan fingerprint density at radius 3 is 1.43 bits per heavy atom. The number of carboxylic acids is 1. The number of aromatic nitrogens is 2. The van der Waals surface area contributed by atoms with Gasteiger partial charge in [-0.3, -0.25) is 24.4 Å². The second kappa shape index (κ2) is 40.3. The molecule has 3 amide bonds. The molecule has 1 heterocycles. The number of carboxylic acid groups (broad SMARTS) is 1. The van der Waals surface area contributed by atoms with Crippen molar-refractivity contribution in [1.29, 1.82) is 0 Å². The number of alkyl halides is 3. The molecule has 3 atom stereocenters. The molecule has 1 aromatic heterocycles. The summed E-state index contributed by atoms with van der Waals surface area (Å²) < 4.78 is 36.0. The molecule has 0 aliphatic carbocycles. The summed E-state index contributed by atoms with van der Waals surface area (Å²) in [5.74, 6) is -4.77. The number of halogens is 3. The van der Waals surface area contributed by atoms with E-state index in [4.69, 9.17) is 44.3 Å². The maximum atomic E-state index is 14.0. The number of guanidine groups is 2. The second-order valence-electron chi connectivity index (χ2n) is 18.0. The van der Waals surface area contributed by atoms with Crippen molar-refractivity contribution >= 4 is 35.6 Å². The maximum Gasteiger partial charge on any atom is 0.430 e. The van der Waals surface area contributed by atoms with Gasteiger partial charge in [-0.15, -0.1) is 0 Å². The minimum atomic E-state index is -5.19. The monoisotopic (exact) mass is 973 g/mol. The summed E-state index contributed by atoms with van der Waals surface area (Å²) in [4.78, 5) is 56.6. The number of aryl methyl sites for hydroxylation is 2. The Kier molecular flexibility index (Phi) is 37.5. The number of primary amides is 1. The number of hydrogen-bond acceptors (Lipinski definition) is 8.